The average Bonchev–Trinajstić information content (AvgIpc) is 2.65. The summed E-state index contributed by atoms with van der Waals surface area (Å²) < 4.78 is 27.6. The lowest BCUT2D eigenvalue weighted by Gasteiger charge is -2.18. The van der Waals surface area contributed by atoms with Gasteiger partial charge in [-0.25, -0.2) is 13.6 Å². The summed E-state index contributed by atoms with van der Waals surface area (Å²) in [7, 11) is -2.19. The van der Waals surface area contributed by atoms with Crippen molar-refractivity contribution in [3.63, 3.8) is 0 Å². The summed E-state index contributed by atoms with van der Waals surface area (Å²) in [5.41, 5.74) is 1.50. The zero-order valence-corrected chi connectivity index (χ0v) is 16.5. The Hall–Kier alpha value is -2.91. The van der Waals surface area contributed by atoms with Gasteiger partial charge in [-0.2, -0.15) is 0 Å². The average molecular weight is 405 g/mol. The molecule has 0 spiro atoms. The molecule has 0 bridgehead atoms. The van der Waals surface area contributed by atoms with E-state index in [0.29, 0.717) is 5.75 Å². The molecule has 1 atom stereocenters. The quantitative estimate of drug-likeness (QED) is 0.609. The number of carbonyl (C=O) groups excluding carboxylic acids is 2. The predicted octanol–water partition coefficient (Wildman–Crippen LogP) is 1.23. The van der Waals surface area contributed by atoms with E-state index in [0.717, 1.165) is 11.1 Å². The molecule has 0 saturated carbocycles. The lowest BCUT2D eigenvalue weighted by Crippen LogP contribution is -2.32. The first-order valence-electron chi connectivity index (χ1n) is 8.48. The number of primary sulfonamides is 1. The Bertz CT molecular complexity index is 925. The van der Waals surface area contributed by atoms with Gasteiger partial charge >= 0.3 is 0 Å². The van der Waals surface area contributed by atoms with E-state index in [2.05, 4.69) is 10.6 Å². The van der Waals surface area contributed by atoms with E-state index < -0.39 is 16.1 Å². The third-order valence-electron chi connectivity index (χ3n) is 4.03. The summed E-state index contributed by atoms with van der Waals surface area (Å²) in [4.78, 5) is 23.8. The second kappa shape index (κ2) is 9.34. The van der Waals surface area contributed by atoms with Gasteiger partial charge < -0.3 is 15.4 Å². The first-order valence-corrected chi connectivity index (χ1v) is 10.0. The zero-order chi connectivity index (χ0) is 20.7. The van der Waals surface area contributed by atoms with Gasteiger partial charge in [-0.05, 0) is 35.4 Å². The normalized spacial score (nSPS) is 12.1. The number of hydrogen-bond acceptors (Lipinski definition) is 5. The summed E-state index contributed by atoms with van der Waals surface area (Å²) in [6.07, 6.45) is 0.0567. The van der Waals surface area contributed by atoms with Crippen molar-refractivity contribution in [2.75, 3.05) is 7.11 Å². The van der Waals surface area contributed by atoms with Crippen LogP contribution in [0.4, 0.5) is 0 Å². The Morgan fingerprint density at radius 3 is 2.18 bits per heavy atom. The van der Waals surface area contributed by atoms with Crippen LogP contribution < -0.4 is 20.5 Å². The Balaban J connectivity index is 1.99. The third-order valence-corrected chi connectivity index (χ3v) is 4.96. The number of carbonyl (C=O) groups is 2. The van der Waals surface area contributed by atoms with Gasteiger partial charge in [-0.1, -0.05) is 24.3 Å². The molecule has 8 nitrogen and oxygen atoms in total. The van der Waals surface area contributed by atoms with Crippen molar-refractivity contribution in [1.29, 1.82) is 0 Å². The molecule has 0 aromatic heterocycles. The van der Waals surface area contributed by atoms with Crippen molar-refractivity contribution in [3.05, 3.63) is 59.7 Å². The molecule has 0 aliphatic carbocycles. The van der Waals surface area contributed by atoms with Gasteiger partial charge in [0.1, 0.15) is 5.75 Å². The van der Waals surface area contributed by atoms with Crippen molar-refractivity contribution < 1.29 is 22.7 Å². The predicted molar refractivity (Wildman–Crippen MR) is 104 cm³/mol. The molecule has 28 heavy (non-hydrogen) atoms. The molecule has 9 heteroatoms. The van der Waals surface area contributed by atoms with Crippen LogP contribution >= 0.6 is 0 Å². The number of amides is 2. The molecule has 0 saturated heterocycles. The zero-order valence-electron chi connectivity index (χ0n) is 15.6. The lowest BCUT2D eigenvalue weighted by molar-refractivity contribution is -0.122. The Labute approximate surface area is 164 Å². The van der Waals surface area contributed by atoms with Crippen molar-refractivity contribution in [2.24, 2.45) is 5.14 Å². The van der Waals surface area contributed by atoms with Gasteiger partial charge in [0.25, 0.3) is 0 Å². The molecule has 150 valence electrons. The number of hydrogen-bond donors (Lipinski definition) is 3. The van der Waals surface area contributed by atoms with Crippen molar-refractivity contribution in [3.8, 4) is 5.75 Å². The summed E-state index contributed by atoms with van der Waals surface area (Å²) in [6.45, 7) is 1.61. The van der Waals surface area contributed by atoms with Gasteiger partial charge in [-0.3, -0.25) is 9.59 Å². The highest BCUT2D eigenvalue weighted by atomic mass is 32.2. The van der Waals surface area contributed by atoms with Gasteiger partial charge in [0.15, 0.2) is 0 Å². The van der Waals surface area contributed by atoms with E-state index in [1.807, 2.05) is 0 Å². The van der Waals surface area contributed by atoms with Crippen LogP contribution in [0.15, 0.2) is 53.4 Å². The molecule has 0 unspecified atom stereocenters. The van der Waals surface area contributed by atoms with Gasteiger partial charge in [0.05, 0.1) is 24.5 Å². The fourth-order valence-electron chi connectivity index (χ4n) is 2.59. The molecule has 2 aromatic rings. The van der Waals surface area contributed by atoms with Crippen molar-refractivity contribution in [1.82, 2.24) is 10.6 Å². The maximum Gasteiger partial charge on any atom is 0.238 e. The van der Waals surface area contributed by atoms with Crippen molar-refractivity contribution >= 4 is 21.8 Å². The standard InChI is InChI=1S/C19H23N3O5S/c1-13(23)22-18(15-5-7-16(27-2)8-6-15)11-19(24)21-12-14-3-9-17(10-4-14)28(20,25)26/h3-10,18H,11-12H2,1-2H3,(H,21,24)(H,22,23)(H2,20,25,26)/t18-/m1/s1. The minimum Gasteiger partial charge on any atom is -0.497 e. The third kappa shape index (κ3) is 6.36. The summed E-state index contributed by atoms with van der Waals surface area (Å²) in [5, 5.41) is 10.6. The van der Waals surface area contributed by atoms with Crippen LogP contribution in [0.5, 0.6) is 5.75 Å². The molecule has 0 aliphatic rings. The summed E-state index contributed by atoms with van der Waals surface area (Å²) in [5.74, 6) is 0.176. The van der Waals surface area contributed by atoms with Crippen LogP contribution in [-0.2, 0) is 26.2 Å². The van der Waals surface area contributed by atoms with Crippen LogP contribution in [0.2, 0.25) is 0 Å². The highest BCUT2D eigenvalue weighted by molar-refractivity contribution is 7.89. The SMILES string of the molecule is COc1ccc([C@@H](CC(=O)NCc2ccc(S(N)(=O)=O)cc2)NC(C)=O)cc1. The van der Waals surface area contributed by atoms with Gasteiger partial charge in [-0.15, -0.1) is 0 Å². The van der Waals surface area contributed by atoms with Crippen LogP contribution in [0.1, 0.15) is 30.5 Å². The molecular weight excluding hydrogens is 382 g/mol. The van der Waals surface area contributed by atoms with E-state index in [-0.39, 0.29) is 29.7 Å². The monoisotopic (exact) mass is 405 g/mol. The molecule has 4 N–H and O–H groups in total. The van der Waals surface area contributed by atoms with Crippen molar-refractivity contribution in [2.45, 2.75) is 30.8 Å². The van der Waals surface area contributed by atoms with Gasteiger partial charge in [0, 0.05) is 13.5 Å². The second-order valence-corrected chi connectivity index (χ2v) is 7.76. The maximum atomic E-state index is 12.3. The molecule has 2 amide bonds. The molecule has 0 heterocycles. The van der Waals surface area contributed by atoms with Gasteiger partial charge in [0.2, 0.25) is 21.8 Å². The first kappa shape index (κ1) is 21.4. The Morgan fingerprint density at radius 1 is 1.07 bits per heavy atom. The number of ether oxygens (including phenoxy) is 1. The smallest absolute Gasteiger partial charge is 0.238 e. The first-order chi connectivity index (χ1) is 13.2. The highest BCUT2D eigenvalue weighted by Crippen LogP contribution is 2.20. The number of nitrogens with two attached hydrogens (primary N) is 1. The number of sulfonamides is 1. The summed E-state index contributed by atoms with van der Waals surface area (Å²) in [6, 6.07) is 12.5. The summed E-state index contributed by atoms with van der Waals surface area (Å²) >= 11 is 0. The van der Waals surface area contributed by atoms with E-state index in [4.69, 9.17) is 9.88 Å². The van der Waals surface area contributed by atoms with Crippen LogP contribution in [-0.4, -0.2) is 27.3 Å². The number of rotatable bonds is 8. The van der Waals surface area contributed by atoms with E-state index in [9.17, 15) is 18.0 Å². The van der Waals surface area contributed by atoms with E-state index in [1.54, 1.807) is 43.5 Å². The highest BCUT2D eigenvalue weighted by Gasteiger charge is 2.17. The number of nitrogens with one attached hydrogen (secondary N) is 2. The fraction of sp³-hybridized carbons (Fsp3) is 0.263. The minimum atomic E-state index is -3.75. The Morgan fingerprint density at radius 2 is 1.68 bits per heavy atom. The molecule has 2 aromatic carbocycles. The Kier molecular flexibility index (Phi) is 7.13. The van der Waals surface area contributed by atoms with Crippen LogP contribution in [0.25, 0.3) is 0 Å². The molecule has 0 fully saturated rings. The number of methoxy groups -OCH3 is 1. The van der Waals surface area contributed by atoms with E-state index >= 15 is 0 Å². The largest absolute Gasteiger partial charge is 0.497 e. The molecule has 0 radical (unpaired) electrons. The molecule has 2 rings (SSSR count). The lowest BCUT2D eigenvalue weighted by atomic mass is 10.0. The topological polar surface area (TPSA) is 128 Å². The molecular formula is C19H23N3O5S. The van der Waals surface area contributed by atoms with Crippen LogP contribution in [0.3, 0.4) is 0 Å². The van der Waals surface area contributed by atoms with Crippen LogP contribution in [0, 0.1) is 0 Å². The molecule has 0 aliphatic heterocycles. The second-order valence-electron chi connectivity index (χ2n) is 6.20. The maximum absolute atomic E-state index is 12.3. The fourth-order valence-corrected chi connectivity index (χ4v) is 3.10. The minimum absolute atomic E-state index is 0.00723. The van der Waals surface area contributed by atoms with E-state index in [1.165, 1.54) is 19.1 Å². The number of benzene rings is 2.